The van der Waals surface area contributed by atoms with Crippen LogP contribution in [0.3, 0.4) is 0 Å². The van der Waals surface area contributed by atoms with Crippen molar-refractivity contribution in [2.45, 2.75) is 64.6 Å². The number of nitrogens with zero attached hydrogens (tertiary/aromatic N) is 2. The van der Waals surface area contributed by atoms with Crippen molar-refractivity contribution < 1.29 is 18.0 Å². The van der Waals surface area contributed by atoms with E-state index in [0.29, 0.717) is 0 Å². The van der Waals surface area contributed by atoms with E-state index in [0.717, 1.165) is 45.2 Å². The fourth-order valence-electron chi connectivity index (χ4n) is 3.79. The minimum Gasteiger partial charge on any atom is -0.369 e. The molecule has 1 heterocycles. The second-order valence-corrected chi connectivity index (χ2v) is 7.95. The van der Waals surface area contributed by atoms with Gasteiger partial charge in [-0.2, -0.15) is 13.2 Å². The highest BCUT2D eigenvalue weighted by atomic mass is 19.4. The molecule has 29 heavy (non-hydrogen) atoms. The van der Waals surface area contributed by atoms with E-state index >= 15 is 0 Å². The smallest absolute Gasteiger partial charge is 0.369 e. The number of hydrogen-bond acceptors (Lipinski definition) is 3. The van der Waals surface area contributed by atoms with Crippen LogP contribution in [0.15, 0.2) is 24.3 Å². The molecule has 0 aromatic heterocycles. The molecule has 2 aliphatic rings. The van der Waals surface area contributed by atoms with Crippen LogP contribution in [-0.4, -0.2) is 55.7 Å². The molecule has 1 aliphatic carbocycles. The maximum absolute atomic E-state index is 11.8. The zero-order valence-corrected chi connectivity index (χ0v) is 17.6. The molecule has 1 N–H and O–H groups in total. The topological polar surface area (TPSA) is 35.6 Å². The van der Waals surface area contributed by atoms with Crippen LogP contribution in [-0.2, 0) is 4.79 Å². The highest BCUT2D eigenvalue weighted by molar-refractivity contribution is 5.76. The van der Waals surface area contributed by atoms with Gasteiger partial charge in [0, 0.05) is 37.9 Å². The molecule has 1 saturated heterocycles. The van der Waals surface area contributed by atoms with Crippen molar-refractivity contribution in [2.75, 3.05) is 37.6 Å². The molecule has 1 aromatic carbocycles. The van der Waals surface area contributed by atoms with Gasteiger partial charge in [-0.15, -0.1) is 0 Å². The average Bonchev–Trinajstić information content (AvgIpc) is 2.68. The van der Waals surface area contributed by atoms with Crippen molar-refractivity contribution >= 4 is 11.6 Å². The van der Waals surface area contributed by atoms with Crippen molar-refractivity contribution in [2.24, 2.45) is 0 Å². The Morgan fingerprint density at radius 2 is 1.62 bits per heavy atom. The number of benzene rings is 1. The van der Waals surface area contributed by atoms with Gasteiger partial charge in [0.25, 0.3) is 0 Å². The molecule has 1 aliphatic heterocycles. The summed E-state index contributed by atoms with van der Waals surface area (Å²) >= 11 is 0. The van der Waals surface area contributed by atoms with Crippen LogP contribution in [0.2, 0.25) is 0 Å². The summed E-state index contributed by atoms with van der Waals surface area (Å²) in [6, 6.07) is 8.82. The van der Waals surface area contributed by atoms with E-state index in [1.807, 2.05) is 0 Å². The Kier molecular flexibility index (Phi) is 9.27. The predicted octanol–water partition coefficient (Wildman–Crippen LogP) is 4.52. The maximum Gasteiger partial charge on any atom is 0.397 e. The number of nitrogens with one attached hydrogen (secondary N) is 1. The van der Waals surface area contributed by atoms with Gasteiger partial charge in [-0.1, -0.05) is 43.9 Å². The maximum atomic E-state index is 11.8. The van der Waals surface area contributed by atoms with Crippen LogP contribution in [0.4, 0.5) is 18.9 Å². The minimum absolute atomic E-state index is 0.0430. The van der Waals surface area contributed by atoms with Gasteiger partial charge >= 0.3 is 6.18 Å². The lowest BCUT2D eigenvalue weighted by molar-refractivity contribution is -0.154. The molecule has 4 nitrogen and oxygen atoms in total. The van der Waals surface area contributed by atoms with E-state index in [-0.39, 0.29) is 6.04 Å². The van der Waals surface area contributed by atoms with Crippen LogP contribution < -0.4 is 10.2 Å². The second kappa shape index (κ2) is 11.4. The summed E-state index contributed by atoms with van der Waals surface area (Å²) in [6.07, 6.45) is -1.02. The molecule has 164 valence electrons. The Morgan fingerprint density at radius 3 is 2.14 bits per heavy atom. The highest BCUT2D eigenvalue weighted by Gasteiger charge is 2.32. The van der Waals surface area contributed by atoms with E-state index in [2.05, 4.69) is 53.2 Å². The van der Waals surface area contributed by atoms with Crippen LogP contribution in [0.5, 0.6) is 0 Å². The summed E-state index contributed by atoms with van der Waals surface area (Å²) in [5, 5.41) is 2.42. The summed E-state index contributed by atoms with van der Waals surface area (Å²) in [7, 11) is 0. The molecule has 1 aromatic rings. The third-order valence-corrected chi connectivity index (χ3v) is 5.55. The van der Waals surface area contributed by atoms with E-state index in [4.69, 9.17) is 0 Å². The average molecular weight is 414 g/mol. The first kappa shape index (κ1) is 23.5. The molecular formula is C22H34F3N3O. The van der Waals surface area contributed by atoms with Gasteiger partial charge in [-0.3, -0.25) is 4.79 Å². The SMILES string of the molecule is CCN1CCN(c2ccc(C)cc2)CC1.O=C(CC(F)(F)F)NC1CCCCC1. The van der Waals surface area contributed by atoms with Gasteiger partial charge in [0.2, 0.25) is 5.91 Å². The van der Waals surface area contributed by atoms with Crippen molar-refractivity contribution in [3.8, 4) is 0 Å². The molecular weight excluding hydrogens is 379 g/mol. The lowest BCUT2D eigenvalue weighted by Gasteiger charge is -2.35. The lowest BCUT2D eigenvalue weighted by atomic mass is 9.95. The molecule has 3 rings (SSSR count). The quantitative estimate of drug-likeness (QED) is 0.788. The normalized spacial score (nSPS) is 18.7. The number of rotatable bonds is 4. The second-order valence-electron chi connectivity index (χ2n) is 7.95. The Hall–Kier alpha value is -1.76. The van der Waals surface area contributed by atoms with Gasteiger partial charge in [-0.25, -0.2) is 0 Å². The number of aryl methyl sites for hydroxylation is 1. The molecule has 0 radical (unpaired) electrons. The summed E-state index contributed by atoms with van der Waals surface area (Å²) < 4.78 is 35.4. The Bertz CT molecular complexity index is 605. The molecule has 7 heteroatoms. The van der Waals surface area contributed by atoms with Gasteiger partial charge in [0.1, 0.15) is 6.42 Å². The van der Waals surface area contributed by atoms with Crippen LogP contribution in [0.25, 0.3) is 0 Å². The first-order valence-electron chi connectivity index (χ1n) is 10.7. The first-order valence-corrected chi connectivity index (χ1v) is 10.7. The van der Waals surface area contributed by atoms with Crippen molar-refractivity contribution in [1.29, 1.82) is 0 Å². The third-order valence-electron chi connectivity index (χ3n) is 5.55. The zero-order chi connectivity index (χ0) is 21.3. The van der Waals surface area contributed by atoms with Crippen LogP contribution >= 0.6 is 0 Å². The van der Waals surface area contributed by atoms with E-state index < -0.39 is 18.5 Å². The molecule has 2 fully saturated rings. The van der Waals surface area contributed by atoms with Crippen LogP contribution in [0.1, 0.15) is 51.0 Å². The molecule has 0 spiro atoms. The van der Waals surface area contributed by atoms with Gasteiger partial charge < -0.3 is 15.1 Å². The fraction of sp³-hybridized carbons (Fsp3) is 0.682. The van der Waals surface area contributed by atoms with Crippen molar-refractivity contribution in [1.82, 2.24) is 10.2 Å². The van der Waals surface area contributed by atoms with E-state index in [1.165, 1.54) is 30.9 Å². The molecule has 1 amide bonds. The van der Waals surface area contributed by atoms with E-state index in [1.54, 1.807) is 0 Å². The predicted molar refractivity (Wildman–Crippen MR) is 111 cm³/mol. The first-order chi connectivity index (χ1) is 13.8. The molecule has 0 unspecified atom stereocenters. The number of alkyl halides is 3. The Labute approximate surface area is 172 Å². The lowest BCUT2D eigenvalue weighted by Crippen LogP contribution is -2.46. The summed E-state index contributed by atoms with van der Waals surface area (Å²) in [6.45, 7) is 10.3. The van der Waals surface area contributed by atoms with Crippen molar-refractivity contribution in [3.63, 3.8) is 0 Å². The summed E-state index contributed by atoms with van der Waals surface area (Å²) in [4.78, 5) is 15.9. The zero-order valence-electron chi connectivity index (χ0n) is 17.6. The molecule has 0 bridgehead atoms. The molecule has 1 saturated carbocycles. The number of anilines is 1. The highest BCUT2D eigenvalue weighted by Crippen LogP contribution is 2.21. The number of piperazine rings is 1. The monoisotopic (exact) mass is 413 g/mol. The number of hydrogen-bond donors (Lipinski definition) is 1. The molecule has 0 atom stereocenters. The number of halogens is 3. The summed E-state index contributed by atoms with van der Waals surface area (Å²) in [5.41, 5.74) is 2.71. The summed E-state index contributed by atoms with van der Waals surface area (Å²) in [5.74, 6) is -0.899. The third kappa shape index (κ3) is 9.07. The van der Waals surface area contributed by atoms with Crippen molar-refractivity contribution in [3.05, 3.63) is 29.8 Å². The number of carbonyl (C=O) groups is 1. The number of likely N-dealkylation sites (N-methyl/N-ethyl adjacent to an activating group) is 1. The standard InChI is InChI=1S/C13H20N2.C9H14F3NO/c1-3-14-8-10-15(11-9-14)13-6-4-12(2)5-7-13;10-9(11,12)6-8(14)13-7-4-2-1-3-5-7/h4-7H,3,8-11H2,1-2H3;7H,1-6H2,(H,13,14). The van der Waals surface area contributed by atoms with Gasteiger partial charge in [0.15, 0.2) is 0 Å². The Morgan fingerprint density at radius 1 is 1.03 bits per heavy atom. The minimum atomic E-state index is -4.39. The van der Waals surface area contributed by atoms with Gasteiger partial charge in [0.05, 0.1) is 0 Å². The number of carbonyl (C=O) groups excluding carboxylic acids is 1. The fourth-order valence-corrected chi connectivity index (χ4v) is 3.79. The largest absolute Gasteiger partial charge is 0.397 e. The van der Waals surface area contributed by atoms with E-state index in [9.17, 15) is 18.0 Å². The van der Waals surface area contributed by atoms with Crippen LogP contribution in [0, 0.1) is 6.92 Å². The number of amides is 1. The van der Waals surface area contributed by atoms with Gasteiger partial charge in [-0.05, 0) is 38.4 Å². The Balaban J connectivity index is 0.000000208.